The number of hydrogen-bond acceptors (Lipinski definition) is 4. The molecule has 1 aromatic carbocycles. The van der Waals surface area contributed by atoms with Gasteiger partial charge in [-0.25, -0.2) is 0 Å². The highest BCUT2D eigenvalue weighted by Crippen LogP contribution is 2.10. The lowest BCUT2D eigenvalue weighted by Gasteiger charge is -2.26. The quantitative estimate of drug-likeness (QED) is 0.211. The van der Waals surface area contributed by atoms with Crippen LogP contribution in [0.4, 0.5) is 0 Å². The van der Waals surface area contributed by atoms with Crippen LogP contribution in [0.1, 0.15) is 10.4 Å². The normalized spacial score (nSPS) is 15.1. The largest absolute Gasteiger partial charge is 0.379 e. The standard InChI is InChI=1S/C17H26BrN5O2.HI/c1-19-17(22-8-9-23-10-12-25-13-11-23)21-7-6-20-16(24)14-2-4-15(18)5-3-14;/h2-5H,6-13H2,1H3,(H,20,24)(H2,19,21,22);1H. The van der Waals surface area contributed by atoms with Crippen LogP contribution in [0.3, 0.4) is 0 Å². The average molecular weight is 540 g/mol. The third-order valence-corrected chi connectivity index (χ3v) is 4.39. The monoisotopic (exact) mass is 539 g/mol. The summed E-state index contributed by atoms with van der Waals surface area (Å²) in [5.41, 5.74) is 0.649. The zero-order valence-electron chi connectivity index (χ0n) is 15.0. The molecule has 0 aromatic heterocycles. The zero-order chi connectivity index (χ0) is 17.9. The minimum absolute atomic E-state index is 0. The third kappa shape index (κ3) is 8.65. The lowest BCUT2D eigenvalue weighted by molar-refractivity contribution is 0.0389. The Labute approximate surface area is 180 Å². The van der Waals surface area contributed by atoms with E-state index < -0.39 is 0 Å². The summed E-state index contributed by atoms with van der Waals surface area (Å²) in [6.07, 6.45) is 0. The summed E-state index contributed by atoms with van der Waals surface area (Å²) in [6.45, 7) is 6.51. The second-order valence-electron chi connectivity index (χ2n) is 5.64. The van der Waals surface area contributed by atoms with Gasteiger partial charge in [0.25, 0.3) is 5.91 Å². The van der Waals surface area contributed by atoms with E-state index in [1.54, 1.807) is 19.2 Å². The fraction of sp³-hybridized carbons (Fsp3) is 0.529. The van der Waals surface area contributed by atoms with Crippen molar-refractivity contribution in [3.05, 3.63) is 34.3 Å². The van der Waals surface area contributed by atoms with Gasteiger partial charge in [-0.15, -0.1) is 24.0 Å². The first-order valence-electron chi connectivity index (χ1n) is 8.47. The summed E-state index contributed by atoms with van der Waals surface area (Å²) < 4.78 is 6.29. The summed E-state index contributed by atoms with van der Waals surface area (Å²) in [6, 6.07) is 7.29. The molecule has 1 heterocycles. The van der Waals surface area contributed by atoms with Crippen LogP contribution in [-0.4, -0.2) is 76.3 Å². The molecule has 1 aliphatic heterocycles. The molecule has 9 heteroatoms. The fourth-order valence-electron chi connectivity index (χ4n) is 2.44. The summed E-state index contributed by atoms with van der Waals surface area (Å²) >= 11 is 3.36. The van der Waals surface area contributed by atoms with E-state index in [4.69, 9.17) is 4.74 Å². The van der Waals surface area contributed by atoms with Crippen molar-refractivity contribution in [3.63, 3.8) is 0 Å². The molecule has 7 nitrogen and oxygen atoms in total. The number of nitrogens with one attached hydrogen (secondary N) is 3. The van der Waals surface area contributed by atoms with Gasteiger partial charge in [-0.1, -0.05) is 15.9 Å². The topological polar surface area (TPSA) is 78.0 Å². The van der Waals surface area contributed by atoms with Crippen LogP contribution in [0.25, 0.3) is 0 Å². The molecular weight excluding hydrogens is 513 g/mol. The molecule has 1 aromatic rings. The Balaban J connectivity index is 0.00000338. The minimum Gasteiger partial charge on any atom is -0.379 e. The van der Waals surface area contributed by atoms with Gasteiger partial charge in [-0.3, -0.25) is 14.7 Å². The number of carbonyl (C=O) groups excluding carboxylic acids is 1. The molecule has 0 aliphatic carbocycles. The van der Waals surface area contributed by atoms with E-state index in [1.807, 2.05) is 12.1 Å². The Bertz CT molecular complexity index is 565. The van der Waals surface area contributed by atoms with Gasteiger partial charge in [0.2, 0.25) is 0 Å². The maximum absolute atomic E-state index is 12.0. The van der Waals surface area contributed by atoms with Gasteiger partial charge >= 0.3 is 0 Å². The van der Waals surface area contributed by atoms with Crippen LogP contribution in [0.2, 0.25) is 0 Å². The van der Waals surface area contributed by atoms with E-state index >= 15 is 0 Å². The van der Waals surface area contributed by atoms with Crippen molar-refractivity contribution in [2.45, 2.75) is 0 Å². The highest BCUT2D eigenvalue weighted by Gasteiger charge is 2.09. The third-order valence-electron chi connectivity index (χ3n) is 3.86. The van der Waals surface area contributed by atoms with E-state index in [0.29, 0.717) is 18.7 Å². The maximum atomic E-state index is 12.0. The number of hydrogen-bond donors (Lipinski definition) is 3. The summed E-state index contributed by atoms with van der Waals surface area (Å²) in [5.74, 6) is 0.663. The number of aliphatic imine (C=N–C) groups is 1. The molecule has 0 atom stereocenters. The fourth-order valence-corrected chi connectivity index (χ4v) is 2.70. The van der Waals surface area contributed by atoms with Crippen molar-refractivity contribution in [2.75, 3.05) is 59.5 Å². The smallest absolute Gasteiger partial charge is 0.251 e. The predicted octanol–water partition coefficient (Wildman–Crippen LogP) is 1.29. The van der Waals surface area contributed by atoms with Gasteiger partial charge in [0.15, 0.2) is 5.96 Å². The number of guanidine groups is 1. The van der Waals surface area contributed by atoms with Gasteiger partial charge in [0.1, 0.15) is 0 Å². The molecule has 0 unspecified atom stereocenters. The number of nitrogens with zero attached hydrogens (tertiary/aromatic N) is 2. The van der Waals surface area contributed by atoms with Gasteiger partial charge < -0.3 is 20.7 Å². The number of carbonyl (C=O) groups is 1. The summed E-state index contributed by atoms with van der Waals surface area (Å²) in [4.78, 5) is 18.6. The number of rotatable bonds is 7. The summed E-state index contributed by atoms with van der Waals surface area (Å²) in [7, 11) is 1.74. The van der Waals surface area contributed by atoms with E-state index in [9.17, 15) is 4.79 Å². The van der Waals surface area contributed by atoms with E-state index in [0.717, 1.165) is 49.8 Å². The molecular formula is C17H27BrIN5O2. The number of morpholine rings is 1. The lowest BCUT2D eigenvalue weighted by atomic mass is 10.2. The van der Waals surface area contributed by atoms with Gasteiger partial charge in [0, 0.05) is 56.4 Å². The van der Waals surface area contributed by atoms with Crippen LogP contribution in [0.5, 0.6) is 0 Å². The molecule has 0 radical (unpaired) electrons. The van der Waals surface area contributed by atoms with Gasteiger partial charge in [-0.2, -0.15) is 0 Å². The van der Waals surface area contributed by atoms with Crippen molar-refractivity contribution < 1.29 is 9.53 Å². The van der Waals surface area contributed by atoms with E-state index in [1.165, 1.54) is 0 Å². The van der Waals surface area contributed by atoms with Crippen molar-refractivity contribution in [3.8, 4) is 0 Å². The van der Waals surface area contributed by atoms with Crippen LogP contribution >= 0.6 is 39.9 Å². The van der Waals surface area contributed by atoms with E-state index in [-0.39, 0.29) is 29.9 Å². The van der Waals surface area contributed by atoms with Gasteiger partial charge in [-0.05, 0) is 24.3 Å². The first kappa shape index (κ1) is 23.1. The molecule has 0 bridgehead atoms. The molecule has 1 amide bonds. The van der Waals surface area contributed by atoms with Crippen molar-refractivity contribution in [2.24, 2.45) is 4.99 Å². The van der Waals surface area contributed by atoms with Crippen LogP contribution in [0, 0.1) is 0 Å². The van der Waals surface area contributed by atoms with Crippen molar-refractivity contribution in [1.29, 1.82) is 0 Å². The average Bonchev–Trinajstić information content (AvgIpc) is 2.65. The first-order chi connectivity index (χ1) is 12.2. The molecule has 1 fully saturated rings. The predicted molar refractivity (Wildman–Crippen MR) is 119 cm³/mol. The molecule has 1 aliphatic rings. The Kier molecular flexibility index (Phi) is 11.8. The van der Waals surface area contributed by atoms with Crippen LogP contribution < -0.4 is 16.0 Å². The highest BCUT2D eigenvalue weighted by molar-refractivity contribution is 14.0. The molecule has 2 rings (SSSR count). The SMILES string of the molecule is CN=C(NCCNC(=O)c1ccc(Br)cc1)NCCN1CCOCC1.I. The Morgan fingerprint density at radius 3 is 2.38 bits per heavy atom. The molecule has 3 N–H and O–H groups in total. The first-order valence-corrected chi connectivity index (χ1v) is 9.26. The summed E-state index contributed by atoms with van der Waals surface area (Å²) in [5, 5.41) is 9.36. The molecule has 146 valence electrons. The maximum Gasteiger partial charge on any atom is 0.251 e. The number of halogens is 2. The number of amides is 1. The Morgan fingerprint density at radius 1 is 1.12 bits per heavy atom. The minimum atomic E-state index is -0.0791. The Hall–Kier alpha value is -0.910. The van der Waals surface area contributed by atoms with Crippen molar-refractivity contribution >= 4 is 51.8 Å². The van der Waals surface area contributed by atoms with Crippen LogP contribution in [-0.2, 0) is 4.74 Å². The van der Waals surface area contributed by atoms with Crippen molar-refractivity contribution in [1.82, 2.24) is 20.9 Å². The number of benzene rings is 1. The second kappa shape index (κ2) is 13.3. The zero-order valence-corrected chi connectivity index (χ0v) is 18.9. The van der Waals surface area contributed by atoms with Gasteiger partial charge in [0.05, 0.1) is 13.2 Å². The number of ether oxygens (including phenoxy) is 1. The molecule has 26 heavy (non-hydrogen) atoms. The lowest BCUT2D eigenvalue weighted by Crippen LogP contribution is -2.45. The second-order valence-corrected chi connectivity index (χ2v) is 6.56. The molecule has 0 saturated carbocycles. The molecule has 1 saturated heterocycles. The van der Waals surface area contributed by atoms with Crippen LogP contribution in [0.15, 0.2) is 33.7 Å². The highest BCUT2D eigenvalue weighted by atomic mass is 127. The Morgan fingerprint density at radius 2 is 1.73 bits per heavy atom. The van der Waals surface area contributed by atoms with E-state index in [2.05, 4.69) is 41.8 Å². The molecule has 0 spiro atoms.